The van der Waals surface area contributed by atoms with E-state index in [4.69, 9.17) is 0 Å². The molecule has 7 heteroatoms. The first-order valence-electron chi connectivity index (χ1n) is 5.15. The van der Waals surface area contributed by atoms with Gasteiger partial charge in [-0.05, 0) is 19.1 Å². The molecule has 2 aromatic rings. The van der Waals surface area contributed by atoms with Crippen molar-refractivity contribution in [1.82, 2.24) is 14.3 Å². The fourth-order valence-corrected chi connectivity index (χ4v) is 1.50. The molecule has 0 fully saturated rings. The standard InChI is InChI=1S/C11H10F3N3O/c1-8-2-4-9(5-3-8)16-7-15-17(10(16)18)6-11(12,13)14/h2-5,7H,6H2,1H3. The van der Waals surface area contributed by atoms with Crippen molar-refractivity contribution in [3.8, 4) is 5.69 Å². The molecule has 0 N–H and O–H groups in total. The number of nitrogens with zero attached hydrogens (tertiary/aromatic N) is 3. The number of halogens is 3. The van der Waals surface area contributed by atoms with Crippen molar-refractivity contribution in [2.75, 3.05) is 0 Å². The molecule has 0 spiro atoms. The molecular weight excluding hydrogens is 247 g/mol. The molecule has 1 aromatic heterocycles. The molecule has 0 unspecified atom stereocenters. The quantitative estimate of drug-likeness (QED) is 0.824. The third-order valence-electron chi connectivity index (χ3n) is 2.37. The van der Waals surface area contributed by atoms with Crippen LogP contribution < -0.4 is 5.69 Å². The molecule has 0 radical (unpaired) electrons. The van der Waals surface area contributed by atoms with Gasteiger partial charge in [0.1, 0.15) is 12.9 Å². The van der Waals surface area contributed by atoms with Crippen LogP contribution in [0.15, 0.2) is 35.4 Å². The van der Waals surface area contributed by atoms with Gasteiger partial charge in [0, 0.05) is 0 Å². The van der Waals surface area contributed by atoms with Gasteiger partial charge in [-0.25, -0.2) is 14.0 Å². The molecule has 4 nitrogen and oxygen atoms in total. The van der Waals surface area contributed by atoms with Crippen LogP contribution in [-0.2, 0) is 6.54 Å². The average Bonchev–Trinajstić information content (AvgIpc) is 2.60. The minimum Gasteiger partial charge on any atom is -0.250 e. The zero-order chi connectivity index (χ0) is 13.3. The Balaban J connectivity index is 2.37. The first kappa shape index (κ1) is 12.4. The number of benzene rings is 1. The van der Waals surface area contributed by atoms with E-state index in [2.05, 4.69) is 5.10 Å². The van der Waals surface area contributed by atoms with Gasteiger partial charge in [-0.2, -0.15) is 18.3 Å². The molecule has 0 saturated heterocycles. The van der Waals surface area contributed by atoms with Gasteiger partial charge in [-0.1, -0.05) is 17.7 Å². The number of alkyl halides is 3. The number of aromatic nitrogens is 3. The summed E-state index contributed by atoms with van der Waals surface area (Å²) in [5.74, 6) is 0. The zero-order valence-corrected chi connectivity index (χ0v) is 9.48. The third kappa shape index (κ3) is 2.61. The largest absolute Gasteiger partial charge is 0.408 e. The maximum atomic E-state index is 12.2. The van der Waals surface area contributed by atoms with Gasteiger partial charge in [0.05, 0.1) is 5.69 Å². The lowest BCUT2D eigenvalue weighted by Gasteiger charge is -2.04. The van der Waals surface area contributed by atoms with E-state index in [9.17, 15) is 18.0 Å². The second kappa shape index (κ2) is 4.32. The highest BCUT2D eigenvalue weighted by Gasteiger charge is 2.29. The Labute approximate surface area is 100 Å². The average molecular weight is 257 g/mol. The lowest BCUT2D eigenvalue weighted by Crippen LogP contribution is -2.30. The molecule has 0 aliphatic heterocycles. The molecule has 1 aromatic carbocycles. The van der Waals surface area contributed by atoms with Crippen molar-refractivity contribution in [2.24, 2.45) is 0 Å². The zero-order valence-electron chi connectivity index (χ0n) is 9.48. The van der Waals surface area contributed by atoms with Crippen LogP contribution in [0.5, 0.6) is 0 Å². The van der Waals surface area contributed by atoms with Gasteiger partial charge in [0.15, 0.2) is 0 Å². The van der Waals surface area contributed by atoms with Crippen LogP contribution in [0.4, 0.5) is 13.2 Å². The van der Waals surface area contributed by atoms with E-state index in [0.29, 0.717) is 10.4 Å². The predicted molar refractivity (Wildman–Crippen MR) is 58.6 cm³/mol. The summed E-state index contributed by atoms with van der Waals surface area (Å²) in [6.07, 6.45) is -3.38. The maximum Gasteiger partial charge on any atom is 0.408 e. The third-order valence-corrected chi connectivity index (χ3v) is 2.37. The minimum absolute atomic E-state index is 0.389. The highest BCUT2D eigenvalue weighted by Crippen LogP contribution is 2.16. The van der Waals surface area contributed by atoms with Crippen molar-refractivity contribution in [2.45, 2.75) is 19.6 Å². The van der Waals surface area contributed by atoms with Crippen LogP contribution in [0.25, 0.3) is 5.69 Å². The number of hydrogen-bond donors (Lipinski definition) is 0. The molecule has 0 atom stereocenters. The lowest BCUT2D eigenvalue weighted by molar-refractivity contribution is -0.143. The maximum absolute atomic E-state index is 12.2. The van der Waals surface area contributed by atoms with Gasteiger partial charge in [0.25, 0.3) is 0 Å². The van der Waals surface area contributed by atoms with E-state index in [1.54, 1.807) is 24.3 Å². The summed E-state index contributed by atoms with van der Waals surface area (Å²) in [6.45, 7) is 0.490. The molecule has 0 amide bonds. The van der Waals surface area contributed by atoms with Gasteiger partial charge in [-0.15, -0.1) is 0 Å². The first-order valence-corrected chi connectivity index (χ1v) is 5.15. The minimum atomic E-state index is -4.46. The Morgan fingerprint density at radius 2 is 1.83 bits per heavy atom. The Morgan fingerprint density at radius 1 is 1.22 bits per heavy atom. The number of aryl methyl sites for hydroxylation is 1. The number of rotatable bonds is 2. The molecule has 2 rings (SSSR count). The molecule has 0 aliphatic carbocycles. The van der Waals surface area contributed by atoms with E-state index in [-0.39, 0.29) is 0 Å². The van der Waals surface area contributed by atoms with Gasteiger partial charge < -0.3 is 0 Å². The van der Waals surface area contributed by atoms with Crippen LogP contribution in [-0.4, -0.2) is 20.5 Å². The van der Waals surface area contributed by atoms with Gasteiger partial charge in [-0.3, -0.25) is 0 Å². The monoisotopic (exact) mass is 257 g/mol. The topological polar surface area (TPSA) is 39.8 Å². The summed E-state index contributed by atoms with van der Waals surface area (Å²) < 4.78 is 38.0. The molecule has 0 saturated carbocycles. The highest BCUT2D eigenvalue weighted by molar-refractivity contribution is 5.33. The summed E-state index contributed by atoms with van der Waals surface area (Å²) in [5, 5.41) is 3.45. The normalized spacial score (nSPS) is 11.8. The Kier molecular flexibility index (Phi) is 2.98. The van der Waals surface area contributed by atoms with Crippen molar-refractivity contribution in [1.29, 1.82) is 0 Å². The van der Waals surface area contributed by atoms with Crippen LogP contribution in [0.2, 0.25) is 0 Å². The fourth-order valence-electron chi connectivity index (χ4n) is 1.50. The van der Waals surface area contributed by atoms with E-state index >= 15 is 0 Å². The smallest absolute Gasteiger partial charge is 0.250 e. The molecule has 0 bridgehead atoms. The van der Waals surface area contributed by atoms with E-state index < -0.39 is 18.4 Å². The SMILES string of the molecule is Cc1ccc(-n2cnn(CC(F)(F)F)c2=O)cc1. The van der Waals surface area contributed by atoms with Gasteiger partial charge >= 0.3 is 11.9 Å². The number of hydrogen-bond acceptors (Lipinski definition) is 2. The first-order chi connectivity index (χ1) is 8.37. The summed E-state index contributed by atoms with van der Waals surface area (Å²) in [5.41, 5.74) is 0.671. The van der Waals surface area contributed by atoms with Crippen molar-refractivity contribution >= 4 is 0 Å². The summed E-state index contributed by atoms with van der Waals surface area (Å²) in [7, 11) is 0. The molecule has 1 heterocycles. The van der Waals surface area contributed by atoms with Crippen LogP contribution >= 0.6 is 0 Å². The van der Waals surface area contributed by atoms with Crippen molar-refractivity contribution in [3.05, 3.63) is 46.6 Å². The summed E-state index contributed by atoms with van der Waals surface area (Å²) in [4.78, 5) is 11.7. The fraction of sp³-hybridized carbons (Fsp3) is 0.273. The van der Waals surface area contributed by atoms with Crippen LogP contribution in [0.1, 0.15) is 5.56 Å². The Hall–Kier alpha value is -2.05. The Morgan fingerprint density at radius 3 is 2.39 bits per heavy atom. The van der Waals surface area contributed by atoms with E-state index in [1.165, 1.54) is 0 Å². The molecule has 96 valence electrons. The second-order valence-corrected chi connectivity index (χ2v) is 3.89. The predicted octanol–water partition coefficient (Wildman–Crippen LogP) is 1.90. The Bertz CT molecular complexity index is 595. The summed E-state index contributed by atoms with van der Waals surface area (Å²) in [6, 6.07) is 6.83. The van der Waals surface area contributed by atoms with Crippen molar-refractivity contribution < 1.29 is 13.2 Å². The summed E-state index contributed by atoms with van der Waals surface area (Å²) >= 11 is 0. The second-order valence-electron chi connectivity index (χ2n) is 3.89. The lowest BCUT2D eigenvalue weighted by atomic mass is 10.2. The van der Waals surface area contributed by atoms with E-state index in [0.717, 1.165) is 16.5 Å². The van der Waals surface area contributed by atoms with Crippen LogP contribution in [0, 0.1) is 6.92 Å². The molecular formula is C11H10F3N3O. The molecule has 18 heavy (non-hydrogen) atoms. The van der Waals surface area contributed by atoms with Crippen molar-refractivity contribution in [3.63, 3.8) is 0 Å². The van der Waals surface area contributed by atoms with Gasteiger partial charge in [0.2, 0.25) is 0 Å². The van der Waals surface area contributed by atoms with Crippen LogP contribution in [0.3, 0.4) is 0 Å². The highest BCUT2D eigenvalue weighted by atomic mass is 19.4. The van der Waals surface area contributed by atoms with E-state index in [1.807, 2.05) is 6.92 Å². The molecule has 0 aliphatic rings.